The van der Waals surface area contributed by atoms with Crippen LogP contribution in [0.5, 0.6) is 17.2 Å². The maximum atomic E-state index is 12.8. The van der Waals surface area contributed by atoms with Crippen molar-refractivity contribution in [2.24, 2.45) is 5.41 Å². The van der Waals surface area contributed by atoms with Gasteiger partial charge in [0.05, 0.1) is 27.0 Å². The van der Waals surface area contributed by atoms with E-state index in [1.807, 2.05) is 24.3 Å². The normalized spacial score (nSPS) is 14.0. The van der Waals surface area contributed by atoms with Crippen LogP contribution < -0.4 is 24.8 Å². The van der Waals surface area contributed by atoms with E-state index in [0.29, 0.717) is 36.6 Å². The molecule has 3 rings (SSSR count). The Morgan fingerprint density at radius 3 is 2.11 bits per heavy atom. The van der Waals surface area contributed by atoms with Crippen molar-refractivity contribution in [3.8, 4) is 17.2 Å². The van der Waals surface area contributed by atoms with E-state index in [1.165, 1.54) is 7.11 Å². The Labute approximate surface area is 164 Å². The third-order valence-corrected chi connectivity index (χ3v) is 4.89. The van der Waals surface area contributed by atoms with E-state index in [1.54, 1.807) is 32.4 Å². The van der Waals surface area contributed by atoms with Gasteiger partial charge in [-0.05, 0) is 42.7 Å². The predicted molar refractivity (Wildman–Crippen MR) is 105 cm³/mol. The first-order chi connectivity index (χ1) is 13.5. The number of amides is 2. The fourth-order valence-corrected chi connectivity index (χ4v) is 2.92. The highest BCUT2D eigenvalue weighted by Gasteiger charge is 2.56. The van der Waals surface area contributed by atoms with E-state index in [2.05, 4.69) is 10.6 Å². The lowest BCUT2D eigenvalue weighted by molar-refractivity contribution is -0.134. The number of carbonyl (C=O) groups excluding carboxylic acids is 2. The van der Waals surface area contributed by atoms with Crippen LogP contribution in [0.4, 0.5) is 5.69 Å². The fourth-order valence-electron chi connectivity index (χ4n) is 2.92. The Kier molecular flexibility index (Phi) is 5.73. The highest BCUT2D eigenvalue weighted by Crippen LogP contribution is 2.47. The average molecular weight is 384 g/mol. The third kappa shape index (κ3) is 4.03. The summed E-state index contributed by atoms with van der Waals surface area (Å²) in [7, 11) is 4.67. The second kappa shape index (κ2) is 8.21. The van der Waals surface area contributed by atoms with Gasteiger partial charge >= 0.3 is 0 Å². The minimum atomic E-state index is -1.03. The van der Waals surface area contributed by atoms with Gasteiger partial charge in [0, 0.05) is 12.6 Å². The summed E-state index contributed by atoms with van der Waals surface area (Å²) in [4.78, 5) is 25.4. The smallest absolute Gasteiger partial charge is 0.240 e. The summed E-state index contributed by atoms with van der Waals surface area (Å²) in [5.41, 5.74) is 0.405. The highest BCUT2D eigenvalue weighted by atomic mass is 16.5. The second-order valence-electron chi connectivity index (χ2n) is 6.63. The van der Waals surface area contributed by atoms with Crippen LogP contribution in [-0.4, -0.2) is 33.1 Å². The largest absolute Gasteiger partial charge is 0.497 e. The third-order valence-electron chi connectivity index (χ3n) is 4.89. The lowest BCUT2D eigenvalue weighted by Gasteiger charge is -2.17. The zero-order valence-corrected chi connectivity index (χ0v) is 16.2. The molecule has 0 radical (unpaired) electrons. The SMILES string of the molecule is COc1ccc(CNC(=O)C2(C(=O)Nc3ccc(OC)cc3OC)CC2)cc1. The van der Waals surface area contributed by atoms with Crippen LogP contribution in [0.1, 0.15) is 18.4 Å². The van der Waals surface area contributed by atoms with Gasteiger partial charge < -0.3 is 24.8 Å². The Morgan fingerprint density at radius 1 is 0.893 bits per heavy atom. The second-order valence-corrected chi connectivity index (χ2v) is 6.63. The summed E-state index contributed by atoms with van der Waals surface area (Å²) >= 11 is 0. The zero-order chi connectivity index (χ0) is 20.1. The van der Waals surface area contributed by atoms with Gasteiger partial charge in [-0.1, -0.05) is 12.1 Å². The minimum absolute atomic E-state index is 0.270. The molecule has 2 N–H and O–H groups in total. The van der Waals surface area contributed by atoms with Crippen molar-refractivity contribution in [3.05, 3.63) is 48.0 Å². The van der Waals surface area contributed by atoms with Gasteiger partial charge in [0.2, 0.25) is 11.8 Å². The van der Waals surface area contributed by atoms with Crippen molar-refractivity contribution in [2.45, 2.75) is 19.4 Å². The molecular formula is C21H24N2O5. The van der Waals surface area contributed by atoms with Crippen LogP contribution in [0.15, 0.2) is 42.5 Å². The summed E-state index contributed by atoms with van der Waals surface area (Å²) in [6.45, 7) is 0.351. The van der Waals surface area contributed by atoms with Gasteiger partial charge in [0.1, 0.15) is 22.7 Å². The average Bonchev–Trinajstić information content (AvgIpc) is 3.54. The number of hydrogen-bond donors (Lipinski definition) is 2. The van der Waals surface area contributed by atoms with Crippen molar-refractivity contribution in [3.63, 3.8) is 0 Å². The first kappa shape index (κ1) is 19.5. The number of nitrogens with one attached hydrogen (secondary N) is 2. The summed E-state index contributed by atoms with van der Waals surface area (Å²) in [6.07, 6.45) is 1.04. The topological polar surface area (TPSA) is 85.9 Å². The van der Waals surface area contributed by atoms with E-state index < -0.39 is 5.41 Å². The van der Waals surface area contributed by atoms with Crippen LogP contribution in [0.3, 0.4) is 0 Å². The molecule has 28 heavy (non-hydrogen) atoms. The molecule has 2 amide bonds. The molecule has 1 saturated carbocycles. The molecule has 1 aliphatic rings. The summed E-state index contributed by atoms with van der Waals surface area (Å²) in [5, 5.41) is 5.67. The highest BCUT2D eigenvalue weighted by molar-refractivity contribution is 6.13. The minimum Gasteiger partial charge on any atom is -0.497 e. The van der Waals surface area contributed by atoms with Crippen LogP contribution in [0.25, 0.3) is 0 Å². The van der Waals surface area contributed by atoms with E-state index in [9.17, 15) is 9.59 Å². The monoisotopic (exact) mass is 384 g/mol. The quantitative estimate of drug-likeness (QED) is 0.684. The molecule has 0 heterocycles. The maximum Gasteiger partial charge on any atom is 0.240 e. The molecule has 0 spiro atoms. The standard InChI is InChI=1S/C21H24N2O5/c1-26-15-6-4-14(5-7-15)13-22-19(24)21(10-11-21)20(25)23-17-9-8-16(27-2)12-18(17)28-3/h4-9,12H,10-11,13H2,1-3H3,(H,22,24)(H,23,25). The van der Waals surface area contributed by atoms with Crippen molar-refractivity contribution >= 4 is 17.5 Å². The Hall–Kier alpha value is -3.22. The molecule has 7 nitrogen and oxygen atoms in total. The number of anilines is 1. The van der Waals surface area contributed by atoms with Crippen molar-refractivity contribution in [1.82, 2.24) is 5.32 Å². The lowest BCUT2D eigenvalue weighted by Crippen LogP contribution is -2.39. The van der Waals surface area contributed by atoms with Gasteiger partial charge in [0.25, 0.3) is 0 Å². The van der Waals surface area contributed by atoms with E-state index in [4.69, 9.17) is 14.2 Å². The molecule has 1 fully saturated rings. The van der Waals surface area contributed by atoms with E-state index in [-0.39, 0.29) is 11.8 Å². The molecule has 0 atom stereocenters. The summed E-state index contributed by atoms with van der Waals surface area (Å²) < 4.78 is 15.6. The zero-order valence-electron chi connectivity index (χ0n) is 16.2. The number of rotatable bonds is 8. The summed E-state index contributed by atoms with van der Waals surface area (Å²) in [5.74, 6) is 1.24. The number of carbonyl (C=O) groups is 2. The van der Waals surface area contributed by atoms with Gasteiger partial charge in [-0.15, -0.1) is 0 Å². The Bertz CT molecular complexity index is 860. The molecule has 7 heteroatoms. The number of ether oxygens (including phenoxy) is 3. The fraction of sp³-hybridized carbons (Fsp3) is 0.333. The maximum absolute atomic E-state index is 12.8. The van der Waals surface area contributed by atoms with Crippen LogP contribution >= 0.6 is 0 Å². The van der Waals surface area contributed by atoms with Crippen molar-refractivity contribution in [2.75, 3.05) is 26.6 Å². The molecule has 0 aromatic heterocycles. The van der Waals surface area contributed by atoms with Crippen LogP contribution in [0, 0.1) is 5.41 Å². The van der Waals surface area contributed by atoms with Crippen molar-refractivity contribution < 1.29 is 23.8 Å². The Morgan fingerprint density at radius 2 is 1.54 bits per heavy atom. The molecule has 2 aromatic carbocycles. The van der Waals surface area contributed by atoms with Gasteiger partial charge in [-0.3, -0.25) is 9.59 Å². The molecule has 2 aromatic rings. The lowest BCUT2D eigenvalue weighted by atomic mass is 10.0. The molecule has 148 valence electrons. The molecule has 1 aliphatic carbocycles. The van der Waals surface area contributed by atoms with E-state index in [0.717, 1.165) is 11.3 Å². The Balaban J connectivity index is 1.63. The molecule has 0 bridgehead atoms. The first-order valence-electron chi connectivity index (χ1n) is 8.97. The van der Waals surface area contributed by atoms with Crippen LogP contribution in [0.2, 0.25) is 0 Å². The van der Waals surface area contributed by atoms with Crippen LogP contribution in [-0.2, 0) is 16.1 Å². The van der Waals surface area contributed by atoms with Gasteiger partial charge in [0.15, 0.2) is 0 Å². The predicted octanol–water partition coefficient (Wildman–Crippen LogP) is 2.75. The molecule has 0 saturated heterocycles. The number of methoxy groups -OCH3 is 3. The number of hydrogen-bond acceptors (Lipinski definition) is 5. The number of benzene rings is 2. The molecule has 0 unspecified atom stereocenters. The van der Waals surface area contributed by atoms with E-state index >= 15 is 0 Å². The van der Waals surface area contributed by atoms with Gasteiger partial charge in [-0.2, -0.15) is 0 Å². The van der Waals surface area contributed by atoms with Gasteiger partial charge in [-0.25, -0.2) is 0 Å². The first-order valence-corrected chi connectivity index (χ1v) is 8.97. The summed E-state index contributed by atoms with van der Waals surface area (Å²) in [6, 6.07) is 12.5. The molecule has 0 aliphatic heterocycles. The molecular weight excluding hydrogens is 360 g/mol. The van der Waals surface area contributed by atoms with Crippen molar-refractivity contribution in [1.29, 1.82) is 0 Å².